The number of hydrogen-bond acceptors (Lipinski definition) is 3. The van der Waals surface area contributed by atoms with E-state index < -0.39 is 5.97 Å². The molecule has 1 amide bonds. The summed E-state index contributed by atoms with van der Waals surface area (Å²) in [5.41, 5.74) is 2.42. The molecule has 0 unspecified atom stereocenters. The zero-order valence-electron chi connectivity index (χ0n) is 15.4. The number of hydrogen-bond donors (Lipinski definition) is 1. The minimum Gasteiger partial charge on any atom is -0.452 e. The van der Waals surface area contributed by atoms with Gasteiger partial charge in [0.05, 0.1) is 5.56 Å². The average Bonchev–Trinajstić information content (AvgIpc) is 3.16. The van der Waals surface area contributed by atoms with Gasteiger partial charge < -0.3 is 14.6 Å². The standard InChI is InChI=1S/C21H26N2O3/c1-15-5-9-18(10-6-15)22-20(24)14-26-21(25)17-8-7-16(2)19(13-17)23-11-3-4-12-23/h3-4,7-8,11-13,15,18H,5-6,9-10,14H2,1-2H3,(H,22,24). The highest BCUT2D eigenvalue weighted by atomic mass is 16.5. The van der Waals surface area contributed by atoms with Crippen LogP contribution in [0.5, 0.6) is 0 Å². The lowest BCUT2D eigenvalue weighted by molar-refractivity contribution is -0.125. The van der Waals surface area contributed by atoms with Gasteiger partial charge in [-0.25, -0.2) is 4.79 Å². The molecule has 3 rings (SSSR count). The number of carbonyl (C=O) groups excluding carboxylic acids is 2. The molecular weight excluding hydrogens is 328 g/mol. The zero-order valence-corrected chi connectivity index (χ0v) is 15.4. The fourth-order valence-corrected chi connectivity index (χ4v) is 3.40. The van der Waals surface area contributed by atoms with Crippen molar-refractivity contribution in [3.8, 4) is 5.69 Å². The molecule has 1 aliphatic carbocycles. The Morgan fingerprint density at radius 3 is 2.54 bits per heavy atom. The average molecular weight is 354 g/mol. The van der Waals surface area contributed by atoms with Crippen LogP contribution in [0, 0.1) is 12.8 Å². The smallest absolute Gasteiger partial charge is 0.338 e. The van der Waals surface area contributed by atoms with Crippen LogP contribution in [0.2, 0.25) is 0 Å². The molecule has 26 heavy (non-hydrogen) atoms. The molecule has 1 aromatic carbocycles. The van der Waals surface area contributed by atoms with Crippen molar-refractivity contribution in [3.63, 3.8) is 0 Å². The SMILES string of the molecule is Cc1ccc(C(=O)OCC(=O)NC2CCC(C)CC2)cc1-n1cccc1. The van der Waals surface area contributed by atoms with Crippen molar-refractivity contribution < 1.29 is 14.3 Å². The Morgan fingerprint density at radius 1 is 1.15 bits per heavy atom. The lowest BCUT2D eigenvalue weighted by Gasteiger charge is -2.26. The molecule has 1 heterocycles. The molecule has 0 bridgehead atoms. The number of amides is 1. The van der Waals surface area contributed by atoms with Crippen molar-refractivity contribution in [3.05, 3.63) is 53.9 Å². The normalized spacial score (nSPS) is 19.8. The number of aryl methyl sites for hydroxylation is 1. The summed E-state index contributed by atoms with van der Waals surface area (Å²) in [6, 6.07) is 9.47. The highest BCUT2D eigenvalue weighted by molar-refractivity contribution is 5.92. The number of aromatic nitrogens is 1. The van der Waals surface area contributed by atoms with E-state index in [1.165, 1.54) is 0 Å². The van der Waals surface area contributed by atoms with Crippen molar-refractivity contribution in [2.24, 2.45) is 5.92 Å². The molecule has 0 atom stereocenters. The van der Waals surface area contributed by atoms with Gasteiger partial charge in [-0.15, -0.1) is 0 Å². The van der Waals surface area contributed by atoms with Gasteiger partial charge in [-0.3, -0.25) is 4.79 Å². The molecule has 0 spiro atoms. The van der Waals surface area contributed by atoms with E-state index in [1.807, 2.05) is 42.1 Å². The van der Waals surface area contributed by atoms with Gasteiger partial charge in [-0.1, -0.05) is 13.0 Å². The monoisotopic (exact) mass is 354 g/mol. The number of nitrogens with one attached hydrogen (secondary N) is 1. The highest BCUT2D eigenvalue weighted by Gasteiger charge is 2.20. The van der Waals surface area contributed by atoms with Crippen molar-refractivity contribution in [2.45, 2.75) is 45.6 Å². The summed E-state index contributed by atoms with van der Waals surface area (Å²) in [4.78, 5) is 24.3. The predicted octanol–water partition coefficient (Wildman–Crippen LogP) is 3.64. The molecule has 1 fully saturated rings. The van der Waals surface area contributed by atoms with Gasteiger partial charge in [-0.2, -0.15) is 0 Å². The number of rotatable bonds is 5. The molecule has 138 valence electrons. The molecule has 1 aliphatic rings. The molecule has 1 saturated carbocycles. The maximum Gasteiger partial charge on any atom is 0.338 e. The second-order valence-electron chi connectivity index (χ2n) is 7.19. The van der Waals surface area contributed by atoms with Crippen LogP contribution in [-0.4, -0.2) is 29.1 Å². The van der Waals surface area contributed by atoms with Gasteiger partial charge in [0.1, 0.15) is 0 Å². The third-order valence-electron chi connectivity index (χ3n) is 5.04. The summed E-state index contributed by atoms with van der Waals surface area (Å²) in [6.45, 7) is 3.99. The lowest BCUT2D eigenvalue weighted by atomic mass is 9.87. The molecular formula is C21H26N2O3. The molecule has 5 nitrogen and oxygen atoms in total. The van der Waals surface area contributed by atoms with Crippen LogP contribution in [-0.2, 0) is 9.53 Å². The van der Waals surface area contributed by atoms with Crippen LogP contribution in [0.25, 0.3) is 5.69 Å². The Balaban J connectivity index is 1.55. The van der Waals surface area contributed by atoms with Gasteiger partial charge in [-0.05, 0) is 68.4 Å². The van der Waals surface area contributed by atoms with E-state index >= 15 is 0 Å². The number of carbonyl (C=O) groups is 2. The quantitative estimate of drug-likeness (QED) is 0.834. The Labute approximate surface area is 154 Å². The predicted molar refractivity (Wildman–Crippen MR) is 100 cm³/mol. The van der Waals surface area contributed by atoms with Crippen molar-refractivity contribution in [1.29, 1.82) is 0 Å². The van der Waals surface area contributed by atoms with Gasteiger partial charge in [0, 0.05) is 24.1 Å². The summed E-state index contributed by atoms with van der Waals surface area (Å²) in [5, 5.41) is 2.97. The number of esters is 1. The number of nitrogens with zero attached hydrogens (tertiary/aromatic N) is 1. The van der Waals surface area contributed by atoms with Crippen LogP contribution in [0.15, 0.2) is 42.7 Å². The van der Waals surface area contributed by atoms with Crippen LogP contribution < -0.4 is 5.32 Å². The van der Waals surface area contributed by atoms with E-state index in [4.69, 9.17) is 4.74 Å². The second-order valence-corrected chi connectivity index (χ2v) is 7.19. The van der Waals surface area contributed by atoms with Crippen LogP contribution in [0.1, 0.15) is 48.5 Å². The fourth-order valence-electron chi connectivity index (χ4n) is 3.40. The number of benzene rings is 1. The van der Waals surface area contributed by atoms with Gasteiger partial charge in [0.2, 0.25) is 0 Å². The summed E-state index contributed by atoms with van der Waals surface area (Å²) < 4.78 is 7.15. The molecule has 0 aliphatic heterocycles. The molecule has 5 heteroatoms. The Hall–Kier alpha value is -2.56. The minimum absolute atomic E-state index is 0.206. The van der Waals surface area contributed by atoms with Crippen molar-refractivity contribution >= 4 is 11.9 Å². The highest BCUT2D eigenvalue weighted by Crippen LogP contribution is 2.23. The zero-order chi connectivity index (χ0) is 18.5. The van der Waals surface area contributed by atoms with Crippen LogP contribution in [0.3, 0.4) is 0 Å². The fraction of sp³-hybridized carbons (Fsp3) is 0.429. The third kappa shape index (κ3) is 4.54. The van der Waals surface area contributed by atoms with E-state index in [0.717, 1.165) is 42.9 Å². The molecule has 1 N–H and O–H groups in total. The maximum absolute atomic E-state index is 12.3. The van der Waals surface area contributed by atoms with Gasteiger partial charge in [0.25, 0.3) is 5.91 Å². The summed E-state index contributed by atoms with van der Waals surface area (Å²) in [5.74, 6) is 0.0264. The third-order valence-corrected chi connectivity index (χ3v) is 5.04. The van der Waals surface area contributed by atoms with Crippen molar-refractivity contribution in [2.75, 3.05) is 6.61 Å². The first kappa shape index (κ1) is 18.2. The Kier molecular flexibility index (Phi) is 5.76. The largest absolute Gasteiger partial charge is 0.452 e. The van der Waals surface area contributed by atoms with E-state index in [0.29, 0.717) is 5.56 Å². The minimum atomic E-state index is -0.481. The first-order valence-corrected chi connectivity index (χ1v) is 9.23. The van der Waals surface area contributed by atoms with Gasteiger partial charge >= 0.3 is 5.97 Å². The van der Waals surface area contributed by atoms with Crippen LogP contribution in [0.4, 0.5) is 0 Å². The second kappa shape index (κ2) is 8.21. The van der Waals surface area contributed by atoms with E-state index in [-0.39, 0.29) is 18.6 Å². The first-order chi connectivity index (χ1) is 12.5. The van der Waals surface area contributed by atoms with E-state index in [2.05, 4.69) is 12.2 Å². The van der Waals surface area contributed by atoms with Gasteiger partial charge in [0.15, 0.2) is 6.61 Å². The lowest BCUT2D eigenvalue weighted by Crippen LogP contribution is -2.39. The summed E-state index contributed by atoms with van der Waals surface area (Å²) >= 11 is 0. The Bertz CT molecular complexity index is 760. The topological polar surface area (TPSA) is 60.3 Å². The Morgan fingerprint density at radius 2 is 1.85 bits per heavy atom. The van der Waals surface area contributed by atoms with E-state index in [1.54, 1.807) is 12.1 Å². The van der Waals surface area contributed by atoms with E-state index in [9.17, 15) is 9.59 Å². The summed E-state index contributed by atoms with van der Waals surface area (Å²) in [7, 11) is 0. The molecule has 2 aromatic rings. The number of ether oxygens (including phenoxy) is 1. The molecule has 1 aromatic heterocycles. The molecule has 0 saturated heterocycles. The maximum atomic E-state index is 12.3. The first-order valence-electron chi connectivity index (χ1n) is 9.23. The molecule has 0 radical (unpaired) electrons. The van der Waals surface area contributed by atoms with Crippen LogP contribution >= 0.6 is 0 Å². The van der Waals surface area contributed by atoms with Crippen molar-refractivity contribution in [1.82, 2.24) is 9.88 Å². The summed E-state index contributed by atoms with van der Waals surface area (Å²) in [6.07, 6.45) is 8.12.